The molecule has 2 heteroatoms. The number of carbonyl (C=O) groups is 1. The maximum Gasteiger partial charge on any atom is 0.251 e. The third-order valence-corrected chi connectivity index (χ3v) is 3.97. The normalized spacial score (nSPS) is 14.2. The average Bonchev–Trinajstić information content (AvgIpc) is 3.31. The summed E-state index contributed by atoms with van der Waals surface area (Å²) < 4.78 is 0. The molecule has 2 nitrogen and oxygen atoms in total. The van der Waals surface area contributed by atoms with Gasteiger partial charge in [0.05, 0.1) is 0 Å². The van der Waals surface area contributed by atoms with Gasteiger partial charge in [-0.05, 0) is 47.6 Å². The number of hydrogen-bond acceptors (Lipinski definition) is 1. The predicted molar refractivity (Wildman–Crippen MR) is 86.5 cm³/mol. The van der Waals surface area contributed by atoms with Gasteiger partial charge in [-0.3, -0.25) is 4.79 Å². The SMILES string of the molecule is CC(C)c1ccc(-c2ccc(C(=O)NC3CC3)cc2)cc1. The van der Waals surface area contributed by atoms with E-state index in [9.17, 15) is 4.79 Å². The van der Waals surface area contributed by atoms with Crippen LogP contribution in [-0.2, 0) is 0 Å². The van der Waals surface area contributed by atoms with Crippen molar-refractivity contribution in [1.82, 2.24) is 5.32 Å². The molecule has 1 aliphatic carbocycles. The molecule has 0 saturated heterocycles. The highest BCUT2D eigenvalue weighted by molar-refractivity contribution is 5.95. The Morgan fingerprint density at radius 2 is 1.48 bits per heavy atom. The molecule has 0 unspecified atom stereocenters. The largest absolute Gasteiger partial charge is 0.349 e. The molecule has 1 fully saturated rings. The monoisotopic (exact) mass is 279 g/mol. The van der Waals surface area contributed by atoms with Crippen molar-refractivity contribution >= 4 is 5.91 Å². The van der Waals surface area contributed by atoms with Gasteiger partial charge in [-0.1, -0.05) is 50.2 Å². The van der Waals surface area contributed by atoms with E-state index in [0.717, 1.165) is 24.0 Å². The van der Waals surface area contributed by atoms with Gasteiger partial charge in [0.25, 0.3) is 5.91 Å². The minimum Gasteiger partial charge on any atom is -0.349 e. The summed E-state index contributed by atoms with van der Waals surface area (Å²) in [6, 6.07) is 16.9. The summed E-state index contributed by atoms with van der Waals surface area (Å²) in [5, 5.41) is 3.01. The fraction of sp³-hybridized carbons (Fsp3) is 0.316. The van der Waals surface area contributed by atoms with Crippen LogP contribution in [0.2, 0.25) is 0 Å². The lowest BCUT2D eigenvalue weighted by Gasteiger charge is -2.08. The lowest BCUT2D eigenvalue weighted by Crippen LogP contribution is -2.25. The Morgan fingerprint density at radius 3 is 1.95 bits per heavy atom. The van der Waals surface area contributed by atoms with E-state index >= 15 is 0 Å². The van der Waals surface area contributed by atoms with Gasteiger partial charge in [-0.15, -0.1) is 0 Å². The molecule has 3 rings (SSSR count). The van der Waals surface area contributed by atoms with Crippen molar-refractivity contribution in [2.45, 2.75) is 38.6 Å². The highest BCUT2D eigenvalue weighted by atomic mass is 16.1. The molecule has 0 radical (unpaired) electrons. The zero-order valence-corrected chi connectivity index (χ0v) is 12.6. The number of hydrogen-bond donors (Lipinski definition) is 1. The molecule has 0 heterocycles. The predicted octanol–water partition coefficient (Wildman–Crippen LogP) is 4.37. The van der Waals surface area contributed by atoms with Crippen LogP contribution in [0.1, 0.15) is 48.5 Å². The Kier molecular flexibility index (Phi) is 3.78. The van der Waals surface area contributed by atoms with Gasteiger partial charge in [0.2, 0.25) is 0 Å². The molecule has 1 saturated carbocycles. The Hall–Kier alpha value is -2.09. The van der Waals surface area contributed by atoms with Gasteiger partial charge >= 0.3 is 0 Å². The smallest absolute Gasteiger partial charge is 0.251 e. The molecule has 108 valence electrons. The van der Waals surface area contributed by atoms with Gasteiger partial charge in [0.15, 0.2) is 0 Å². The second-order valence-corrected chi connectivity index (χ2v) is 6.10. The molecule has 21 heavy (non-hydrogen) atoms. The van der Waals surface area contributed by atoms with E-state index in [4.69, 9.17) is 0 Å². The topological polar surface area (TPSA) is 29.1 Å². The summed E-state index contributed by atoms with van der Waals surface area (Å²) in [4.78, 5) is 12.0. The van der Waals surface area contributed by atoms with Crippen molar-refractivity contribution in [2.24, 2.45) is 0 Å². The zero-order valence-electron chi connectivity index (χ0n) is 12.6. The van der Waals surface area contributed by atoms with E-state index in [-0.39, 0.29) is 5.91 Å². The molecule has 0 aliphatic heterocycles. The van der Waals surface area contributed by atoms with Crippen LogP contribution < -0.4 is 5.32 Å². The summed E-state index contributed by atoms with van der Waals surface area (Å²) in [7, 11) is 0. The van der Waals surface area contributed by atoms with E-state index in [1.165, 1.54) is 11.1 Å². The van der Waals surface area contributed by atoms with E-state index in [1.54, 1.807) is 0 Å². The highest BCUT2D eigenvalue weighted by Crippen LogP contribution is 2.24. The van der Waals surface area contributed by atoms with Crippen LogP contribution in [0.5, 0.6) is 0 Å². The molecule has 2 aromatic carbocycles. The van der Waals surface area contributed by atoms with Crippen molar-refractivity contribution in [3.8, 4) is 11.1 Å². The first-order valence-corrected chi connectivity index (χ1v) is 7.65. The third-order valence-electron chi connectivity index (χ3n) is 3.97. The van der Waals surface area contributed by atoms with Gasteiger partial charge in [0.1, 0.15) is 0 Å². The lowest BCUT2D eigenvalue weighted by molar-refractivity contribution is 0.0951. The van der Waals surface area contributed by atoms with Crippen LogP contribution in [0, 0.1) is 0 Å². The van der Waals surface area contributed by atoms with Crippen molar-refractivity contribution < 1.29 is 4.79 Å². The van der Waals surface area contributed by atoms with E-state index in [1.807, 2.05) is 24.3 Å². The quantitative estimate of drug-likeness (QED) is 0.884. The lowest BCUT2D eigenvalue weighted by atomic mass is 9.98. The molecule has 2 aromatic rings. The van der Waals surface area contributed by atoms with Crippen LogP contribution in [0.3, 0.4) is 0 Å². The fourth-order valence-corrected chi connectivity index (χ4v) is 2.37. The summed E-state index contributed by atoms with van der Waals surface area (Å²) >= 11 is 0. The maximum absolute atomic E-state index is 12.0. The molecular weight excluding hydrogens is 258 g/mol. The first-order chi connectivity index (χ1) is 10.1. The number of carbonyl (C=O) groups excluding carboxylic acids is 1. The molecule has 0 spiro atoms. The number of nitrogens with one attached hydrogen (secondary N) is 1. The summed E-state index contributed by atoms with van der Waals surface area (Å²) in [6.07, 6.45) is 2.23. The summed E-state index contributed by atoms with van der Waals surface area (Å²) in [5.41, 5.74) is 4.42. The standard InChI is InChI=1S/C19H21NO/c1-13(2)14-3-5-15(6-4-14)16-7-9-17(10-8-16)19(21)20-18-11-12-18/h3-10,13,18H,11-12H2,1-2H3,(H,20,21). The van der Waals surface area contributed by atoms with Gasteiger partial charge in [0, 0.05) is 11.6 Å². The molecule has 0 bridgehead atoms. The second kappa shape index (κ2) is 5.72. The second-order valence-electron chi connectivity index (χ2n) is 6.10. The molecular formula is C19H21NO. The molecule has 1 amide bonds. The van der Waals surface area contributed by atoms with Gasteiger partial charge in [-0.2, -0.15) is 0 Å². The van der Waals surface area contributed by atoms with Crippen molar-refractivity contribution in [2.75, 3.05) is 0 Å². The average molecular weight is 279 g/mol. The van der Waals surface area contributed by atoms with Crippen LogP contribution in [0.15, 0.2) is 48.5 Å². The van der Waals surface area contributed by atoms with Crippen molar-refractivity contribution in [3.63, 3.8) is 0 Å². The minimum atomic E-state index is 0.0409. The first-order valence-electron chi connectivity index (χ1n) is 7.65. The molecule has 1 aliphatic rings. The minimum absolute atomic E-state index is 0.0409. The van der Waals surface area contributed by atoms with Gasteiger partial charge in [-0.25, -0.2) is 0 Å². The van der Waals surface area contributed by atoms with Crippen molar-refractivity contribution in [1.29, 1.82) is 0 Å². The molecule has 0 atom stereocenters. The Bertz CT molecular complexity index is 622. The fourth-order valence-electron chi connectivity index (χ4n) is 2.37. The third kappa shape index (κ3) is 3.33. The van der Waals surface area contributed by atoms with E-state index in [0.29, 0.717) is 12.0 Å². The van der Waals surface area contributed by atoms with Crippen LogP contribution in [0.25, 0.3) is 11.1 Å². The Morgan fingerprint density at radius 1 is 0.952 bits per heavy atom. The van der Waals surface area contributed by atoms with Crippen molar-refractivity contribution in [3.05, 3.63) is 59.7 Å². The maximum atomic E-state index is 12.0. The summed E-state index contributed by atoms with van der Waals surface area (Å²) in [5.74, 6) is 0.590. The van der Waals surface area contributed by atoms with Gasteiger partial charge < -0.3 is 5.32 Å². The highest BCUT2D eigenvalue weighted by Gasteiger charge is 2.23. The van der Waals surface area contributed by atoms with E-state index in [2.05, 4.69) is 43.4 Å². The number of rotatable bonds is 4. The number of amides is 1. The van der Waals surface area contributed by atoms with Crippen LogP contribution in [0.4, 0.5) is 0 Å². The van der Waals surface area contributed by atoms with Crippen LogP contribution >= 0.6 is 0 Å². The molecule has 1 N–H and O–H groups in total. The van der Waals surface area contributed by atoms with E-state index < -0.39 is 0 Å². The Labute approximate surface area is 126 Å². The summed E-state index contributed by atoms with van der Waals surface area (Å²) in [6.45, 7) is 4.39. The number of benzene rings is 2. The van der Waals surface area contributed by atoms with Crippen LogP contribution in [-0.4, -0.2) is 11.9 Å². The Balaban J connectivity index is 1.75. The first kappa shape index (κ1) is 13.9. The zero-order chi connectivity index (χ0) is 14.8. The molecule has 0 aromatic heterocycles.